The number of carbonyl (C=O) groups excluding carboxylic acids is 3. The second kappa shape index (κ2) is 11.0. The van der Waals surface area contributed by atoms with Gasteiger partial charge < -0.3 is 29.7 Å². The molecule has 0 radical (unpaired) electrons. The van der Waals surface area contributed by atoms with Crippen molar-refractivity contribution >= 4 is 35.2 Å². The Kier molecular flexibility index (Phi) is 8.13. The van der Waals surface area contributed by atoms with Crippen LogP contribution in [-0.2, 0) is 16.1 Å². The Morgan fingerprint density at radius 3 is 2.67 bits per heavy atom. The first-order valence-electron chi connectivity index (χ1n) is 10.4. The van der Waals surface area contributed by atoms with Crippen molar-refractivity contribution in [3.63, 3.8) is 0 Å². The van der Waals surface area contributed by atoms with Gasteiger partial charge in [-0.05, 0) is 36.8 Å². The van der Waals surface area contributed by atoms with Crippen LogP contribution in [0.5, 0.6) is 5.75 Å². The lowest BCUT2D eigenvalue weighted by Crippen LogP contribution is -2.49. The van der Waals surface area contributed by atoms with Crippen molar-refractivity contribution in [3.05, 3.63) is 58.6 Å². The number of urea groups is 1. The Labute approximate surface area is 196 Å². The standard InChI is InChI=1S/C23H26ClN3O6/c1-15-13-27(22(30)18-8-7-17(11-19(18)24)33-10-9-28)20-6-4-3-5-16(20)14-26(15)23(31)25-12-21(29)32-2/h3-8,11,15,28H,9-10,12-14H2,1-2H3,(H,25,31). The van der Waals surface area contributed by atoms with Crippen molar-refractivity contribution in [1.29, 1.82) is 0 Å². The lowest BCUT2D eigenvalue weighted by Gasteiger charge is -2.29. The molecule has 3 rings (SSSR count). The van der Waals surface area contributed by atoms with E-state index in [9.17, 15) is 14.4 Å². The second-order valence-electron chi connectivity index (χ2n) is 7.47. The number of carbonyl (C=O) groups is 3. The zero-order valence-corrected chi connectivity index (χ0v) is 19.2. The zero-order valence-electron chi connectivity index (χ0n) is 18.4. The number of hydrogen-bond acceptors (Lipinski definition) is 6. The van der Waals surface area contributed by atoms with Gasteiger partial charge in [0.2, 0.25) is 0 Å². The van der Waals surface area contributed by atoms with Crippen LogP contribution < -0.4 is 15.0 Å². The average Bonchev–Trinajstić information content (AvgIpc) is 2.97. The highest BCUT2D eigenvalue weighted by atomic mass is 35.5. The summed E-state index contributed by atoms with van der Waals surface area (Å²) in [6.45, 7) is 2.05. The van der Waals surface area contributed by atoms with Gasteiger partial charge in [-0.3, -0.25) is 9.59 Å². The smallest absolute Gasteiger partial charge is 0.325 e. The number of aliphatic hydroxyl groups excluding tert-OH is 1. The number of nitrogens with one attached hydrogen (secondary N) is 1. The fraction of sp³-hybridized carbons (Fsp3) is 0.348. The van der Waals surface area contributed by atoms with Crippen LogP contribution in [0.25, 0.3) is 0 Å². The number of hydrogen-bond donors (Lipinski definition) is 2. The summed E-state index contributed by atoms with van der Waals surface area (Å²) in [4.78, 5) is 40.9. The zero-order chi connectivity index (χ0) is 24.0. The third-order valence-electron chi connectivity index (χ3n) is 5.25. The molecule has 9 nitrogen and oxygen atoms in total. The van der Waals surface area contributed by atoms with E-state index < -0.39 is 12.0 Å². The molecule has 0 aromatic heterocycles. The predicted molar refractivity (Wildman–Crippen MR) is 123 cm³/mol. The van der Waals surface area contributed by atoms with Crippen LogP contribution in [0.15, 0.2) is 42.5 Å². The van der Waals surface area contributed by atoms with Crippen molar-refractivity contribution < 1.29 is 29.0 Å². The van der Waals surface area contributed by atoms with Gasteiger partial charge >= 0.3 is 12.0 Å². The van der Waals surface area contributed by atoms with E-state index in [1.54, 1.807) is 21.9 Å². The number of halogens is 1. The van der Waals surface area contributed by atoms with Gasteiger partial charge in [-0.2, -0.15) is 0 Å². The van der Waals surface area contributed by atoms with E-state index in [-0.39, 0.29) is 49.8 Å². The molecule has 0 saturated heterocycles. The molecule has 3 amide bonds. The number of ether oxygens (including phenoxy) is 2. The van der Waals surface area contributed by atoms with Crippen LogP contribution in [0.3, 0.4) is 0 Å². The minimum atomic E-state index is -0.552. The molecule has 0 aliphatic carbocycles. The normalized spacial score (nSPS) is 15.3. The van der Waals surface area contributed by atoms with Gasteiger partial charge in [0.25, 0.3) is 5.91 Å². The molecular weight excluding hydrogens is 450 g/mol. The van der Waals surface area contributed by atoms with E-state index in [1.165, 1.54) is 13.2 Å². The molecule has 0 saturated carbocycles. The van der Waals surface area contributed by atoms with E-state index in [0.29, 0.717) is 17.0 Å². The third-order valence-corrected chi connectivity index (χ3v) is 5.56. The molecule has 33 heavy (non-hydrogen) atoms. The van der Waals surface area contributed by atoms with Gasteiger partial charge in [0.05, 0.1) is 24.3 Å². The second-order valence-corrected chi connectivity index (χ2v) is 7.88. The molecular formula is C23H26ClN3O6. The van der Waals surface area contributed by atoms with Gasteiger partial charge in [0.15, 0.2) is 0 Å². The molecule has 1 atom stereocenters. The van der Waals surface area contributed by atoms with E-state index in [1.807, 2.05) is 31.2 Å². The summed E-state index contributed by atoms with van der Waals surface area (Å²) in [6.07, 6.45) is 0. The molecule has 1 heterocycles. The first-order chi connectivity index (χ1) is 15.8. The quantitative estimate of drug-likeness (QED) is 0.621. The summed E-state index contributed by atoms with van der Waals surface area (Å²) in [5, 5.41) is 11.7. The summed E-state index contributed by atoms with van der Waals surface area (Å²) in [6, 6.07) is 11.3. The molecule has 2 N–H and O–H groups in total. The lowest BCUT2D eigenvalue weighted by atomic mass is 10.1. The van der Waals surface area contributed by atoms with Crippen molar-refractivity contribution in [2.24, 2.45) is 0 Å². The molecule has 2 aromatic carbocycles. The molecule has 0 spiro atoms. The average molecular weight is 476 g/mol. The molecule has 10 heteroatoms. The van der Waals surface area contributed by atoms with Crippen LogP contribution in [0.2, 0.25) is 5.02 Å². The Hall–Kier alpha value is -3.30. The minimum Gasteiger partial charge on any atom is -0.491 e. The van der Waals surface area contributed by atoms with Gasteiger partial charge in [0.1, 0.15) is 18.9 Å². The van der Waals surface area contributed by atoms with Crippen molar-refractivity contribution in [2.45, 2.75) is 19.5 Å². The summed E-state index contributed by atoms with van der Waals surface area (Å²) < 4.78 is 9.93. The highest BCUT2D eigenvalue weighted by molar-refractivity contribution is 6.34. The topological polar surface area (TPSA) is 108 Å². The Morgan fingerprint density at radius 1 is 1.21 bits per heavy atom. The number of nitrogens with zero attached hydrogens (tertiary/aromatic N) is 2. The predicted octanol–water partition coefficient (Wildman–Crippen LogP) is 2.44. The first kappa shape index (κ1) is 24.3. The number of benzene rings is 2. The van der Waals surface area contributed by atoms with Gasteiger partial charge in [-0.15, -0.1) is 0 Å². The lowest BCUT2D eigenvalue weighted by molar-refractivity contribution is -0.139. The number of esters is 1. The Balaban J connectivity index is 1.87. The molecule has 2 aromatic rings. The fourth-order valence-electron chi connectivity index (χ4n) is 3.56. The molecule has 176 valence electrons. The summed E-state index contributed by atoms with van der Waals surface area (Å²) >= 11 is 6.38. The minimum absolute atomic E-state index is 0.120. The Morgan fingerprint density at radius 2 is 1.97 bits per heavy atom. The SMILES string of the molecule is COC(=O)CNC(=O)N1Cc2ccccc2N(C(=O)c2ccc(OCCO)cc2Cl)CC1C. The number of para-hydroxylation sites is 1. The molecule has 0 fully saturated rings. The summed E-state index contributed by atoms with van der Waals surface area (Å²) in [7, 11) is 1.25. The maximum absolute atomic E-state index is 13.5. The summed E-state index contributed by atoms with van der Waals surface area (Å²) in [5.74, 6) is -0.419. The largest absolute Gasteiger partial charge is 0.491 e. The number of amides is 3. The summed E-state index contributed by atoms with van der Waals surface area (Å²) in [5.41, 5.74) is 1.75. The van der Waals surface area contributed by atoms with Crippen LogP contribution >= 0.6 is 11.6 Å². The maximum atomic E-state index is 13.5. The van der Waals surface area contributed by atoms with Crippen LogP contribution in [-0.4, -0.2) is 67.4 Å². The molecule has 1 aliphatic heterocycles. The van der Waals surface area contributed by atoms with E-state index in [2.05, 4.69) is 10.1 Å². The van der Waals surface area contributed by atoms with Crippen molar-refractivity contribution in [1.82, 2.24) is 10.2 Å². The monoisotopic (exact) mass is 475 g/mol. The van der Waals surface area contributed by atoms with E-state index in [4.69, 9.17) is 21.4 Å². The fourth-order valence-corrected chi connectivity index (χ4v) is 3.81. The molecule has 1 aliphatic rings. The highest BCUT2D eigenvalue weighted by Gasteiger charge is 2.32. The number of methoxy groups -OCH3 is 1. The highest BCUT2D eigenvalue weighted by Crippen LogP contribution is 2.31. The number of fused-ring (bicyclic) bond motifs is 1. The number of aliphatic hydroxyl groups is 1. The van der Waals surface area contributed by atoms with Gasteiger partial charge in [-0.1, -0.05) is 29.8 Å². The van der Waals surface area contributed by atoms with E-state index >= 15 is 0 Å². The third kappa shape index (κ3) is 5.74. The van der Waals surface area contributed by atoms with Gasteiger partial charge in [0, 0.05) is 24.8 Å². The maximum Gasteiger partial charge on any atom is 0.325 e. The molecule has 0 bridgehead atoms. The van der Waals surface area contributed by atoms with Crippen LogP contribution in [0, 0.1) is 0 Å². The first-order valence-corrected chi connectivity index (χ1v) is 10.8. The Bertz CT molecular complexity index is 1030. The van der Waals surface area contributed by atoms with Gasteiger partial charge in [-0.25, -0.2) is 4.79 Å². The van der Waals surface area contributed by atoms with Crippen LogP contribution in [0.4, 0.5) is 10.5 Å². The number of rotatable bonds is 6. The van der Waals surface area contributed by atoms with E-state index in [0.717, 1.165) is 5.56 Å². The van der Waals surface area contributed by atoms with Crippen molar-refractivity contribution in [3.8, 4) is 5.75 Å². The van der Waals surface area contributed by atoms with Crippen molar-refractivity contribution in [2.75, 3.05) is 38.3 Å². The number of anilines is 1. The molecule has 1 unspecified atom stereocenters. The van der Waals surface area contributed by atoms with Crippen LogP contribution in [0.1, 0.15) is 22.8 Å².